The maximum Gasteiger partial charge on any atom is 0.222 e. The lowest BCUT2D eigenvalue weighted by Crippen LogP contribution is -2.12. The molecule has 3 aromatic heterocycles. The van der Waals surface area contributed by atoms with Crippen molar-refractivity contribution in [1.29, 1.82) is 5.26 Å². The van der Waals surface area contributed by atoms with E-state index < -0.39 is 5.92 Å². The molecule has 0 spiro atoms. The standard InChI is InChI=1S/C19H18N8O/c1-13-10-23-19(22-7-4-8-27-12-21-11-24-27)26-17(13)14(9-20)18-25-15-5-2-3-6-16(15)28-18/h2-3,5-6,10-12,14H,4,7-8H2,1H3,(H,22,23,26). The van der Waals surface area contributed by atoms with Crippen LogP contribution >= 0.6 is 0 Å². The van der Waals surface area contributed by atoms with Gasteiger partial charge in [-0.3, -0.25) is 4.68 Å². The average molecular weight is 374 g/mol. The van der Waals surface area contributed by atoms with Crippen molar-refractivity contribution in [3.8, 4) is 6.07 Å². The number of aryl methyl sites for hydroxylation is 2. The Kier molecular flexibility index (Phi) is 4.93. The first-order chi connectivity index (χ1) is 13.7. The lowest BCUT2D eigenvalue weighted by molar-refractivity contribution is 0.524. The highest BCUT2D eigenvalue weighted by atomic mass is 16.3. The quantitative estimate of drug-likeness (QED) is 0.491. The monoisotopic (exact) mass is 374 g/mol. The number of oxazole rings is 1. The summed E-state index contributed by atoms with van der Waals surface area (Å²) in [6.07, 6.45) is 5.73. The number of para-hydroxylation sites is 2. The zero-order valence-corrected chi connectivity index (χ0v) is 15.3. The van der Waals surface area contributed by atoms with Crippen LogP contribution in [0.15, 0.2) is 47.5 Å². The van der Waals surface area contributed by atoms with Crippen LogP contribution in [-0.2, 0) is 6.54 Å². The maximum absolute atomic E-state index is 9.75. The third-order valence-corrected chi connectivity index (χ3v) is 4.28. The summed E-state index contributed by atoms with van der Waals surface area (Å²) in [5, 5.41) is 17.0. The van der Waals surface area contributed by atoms with Gasteiger partial charge in [0.1, 0.15) is 18.2 Å². The average Bonchev–Trinajstić information content (AvgIpc) is 3.37. The zero-order valence-electron chi connectivity index (χ0n) is 15.3. The van der Waals surface area contributed by atoms with Crippen LogP contribution in [0.4, 0.5) is 5.95 Å². The number of benzene rings is 1. The summed E-state index contributed by atoms with van der Waals surface area (Å²) >= 11 is 0. The van der Waals surface area contributed by atoms with Gasteiger partial charge in [0.2, 0.25) is 11.8 Å². The van der Waals surface area contributed by atoms with Gasteiger partial charge in [-0.1, -0.05) is 12.1 Å². The van der Waals surface area contributed by atoms with Crippen LogP contribution < -0.4 is 5.32 Å². The minimum absolute atomic E-state index is 0.336. The molecule has 0 aliphatic heterocycles. The van der Waals surface area contributed by atoms with Crippen LogP contribution in [0, 0.1) is 18.3 Å². The van der Waals surface area contributed by atoms with E-state index in [-0.39, 0.29) is 0 Å². The molecule has 28 heavy (non-hydrogen) atoms. The van der Waals surface area contributed by atoms with Crippen molar-refractivity contribution in [2.24, 2.45) is 0 Å². The molecule has 1 N–H and O–H groups in total. The van der Waals surface area contributed by atoms with E-state index in [2.05, 4.69) is 36.4 Å². The summed E-state index contributed by atoms with van der Waals surface area (Å²) in [4.78, 5) is 17.2. The Morgan fingerprint density at radius 1 is 1.29 bits per heavy atom. The van der Waals surface area contributed by atoms with E-state index in [1.165, 1.54) is 6.33 Å². The molecule has 0 aliphatic carbocycles. The maximum atomic E-state index is 9.75. The molecule has 4 rings (SSSR count). The summed E-state index contributed by atoms with van der Waals surface area (Å²) in [5.41, 5.74) is 2.76. The Morgan fingerprint density at radius 2 is 2.18 bits per heavy atom. The minimum atomic E-state index is -0.703. The third kappa shape index (κ3) is 3.66. The first-order valence-electron chi connectivity index (χ1n) is 8.89. The number of hydrogen-bond donors (Lipinski definition) is 1. The van der Waals surface area contributed by atoms with Crippen molar-refractivity contribution < 1.29 is 4.42 Å². The molecule has 0 saturated carbocycles. The van der Waals surface area contributed by atoms with E-state index in [9.17, 15) is 5.26 Å². The van der Waals surface area contributed by atoms with E-state index in [0.29, 0.717) is 29.7 Å². The second-order valence-electron chi connectivity index (χ2n) is 6.28. The van der Waals surface area contributed by atoms with Gasteiger partial charge in [0.25, 0.3) is 0 Å². The highest BCUT2D eigenvalue weighted by Gasteiger charge is 2.24. The van der Waals surface area contributed by atoms with Crippen LogP contribution in [0.3, 0.4) is 0 Å². The molecule has 4 aromatic rings. The Hall–Kier alpha value is -3.80. The van der Waals surface area contributed by atoms with Crippen LogP contribution in [0.1, 0.15) is 29.5 Å². The fraction of sp³-hybridized carbons (Fsp3) is 0.263. The van der Waals surface area contributed by atoms with Crippen molar-refractivity contribution >= 4 is 17.0 Å². The van der Waals surface area contributed by atoms with Crippen LogP contribution in [0.5, 0.6) is 0 Å². The molecule has 0 saturated heterocycles. The number of fused-ring (bicyclic) bond motifs is 1. The van der Waals surface area contributed by atoms with Gasteiger partial charge < -0.3 is 9.73 Å². The van der Waals surface area contributed by atoms with Crippen molar-refractivity contribution in [2.45, 2.75) is 25.8 Å². The molecule has 3 heterocycles. The number of hydrogen-bond acceptors (Lipinski definition) is 8. The molecule has 1 atom stereocenters. The molecule has 1 aromatic carbocycles. The molecular formula is C19H18N8O. The fourth-order valence-electron chi connectivity index (χ4n) is 2.87. The zero-order chi connectivity index (χ0) is 19.3. The van der Waals surface area contributed by atoms with Gasteiger partial charge in [-0.05, 0) is 31.0 Å². The van der Waals surface area contributed by atoms with Gasteiger partial charge in [-0.2, -0.15) is 10.4 Å². The normalized spacial score (nSPS) is 12.0. The van der Waals surface area contributed by atoms with E-state index >= 15 is 0 Å². The first-order valence-corrected chi connectivity index (χ1v) is 8.89. The summed E-state index contributed by atoms with van der Waals surface area (Å²) in [6, 6.07) is 9.69. The molecule has 0 aliphatic rings. The Morgan fingerprint density at radius 3 is 2.96 bits per heavy atom. The summed E-state index contributed by atoms with van der Waals surface area (Å²) in [5.74, 6) is 0.101. The number of anilines is 1. The molecule has 9 heteroatoms. The topological polar surface area (TPSA) is 118 Å². The molecule has 1 unspecified atom stereocenters. The van der Waals surface area contributed by atoms with E-state index in [1.54, 1.807) is 17.2 Å². The number of nitriles is 1. The van der Waals surface area contributed by atoms with E-state index in [1.807, 2.05) is 31.2 Å². The van der Waals surface area contributed by atoms with Gasteiger partial charge in [0.15, 0.2) is 11.5 Å². The largest absolute Gasteiger partial charge is 0.439 e. The molecular weight excluding hydrogens is 356 g/mol. The van der Waals surface area contributed by atoms with Gasteiger partial charge in [0.05, 0.1) is 11.8 Å². The smallest absolute Gasteiger partial charge is 0.222 e. The highest BCUT2D eigenvalue weighted by Crippen LogP contribution is 2.27. The van der Waals surface area contributed by atoms with Crippen molar-refractivity contribution in [2.75, 3.05) is 11.9 Å². The van der Waals surface area contributed by atoms with Crippen LogP contribution in [0.2, 0.25) is 0 Å². The number of nitrogens with zero attached hydrogens (tertiary/aromatic N) is 7. The SMILES string of the molecule is Cc1cnc(NCCCn2cncn2)nc1C(C#N)c1nc2ccccc2o1. The van der Waals surface area contributed by atoms with Crippen LogP contribution in [0.25, 0.3) is 11.1 Å². The van der Waals surface area contributed by atoms with Crippen LogP contribution in [-0.4, -0.2) is 36.3 Å². The highest BCUT2D eigenvalue weighted by molar-refractivity contribution is 5.72. The van der Waals surface area contributed by atoms with Crippen molar-refractivity contribution in [3.63, 3.8) is 0 Å². The van der Waals surface area contributed by atoms with Gasteiger partial charge in [-0.15, -0.1) is 0 Å². The molecule has 9 nitrogen and oxygen atoms in total. The number of nitrogens with one attached hydrogen (secondary N) is 1. The van der Waals surface area contributed by atoms with Crippen molar-refractivity contribution in [1.82, 2.24) is 29.7 Å². The molecule has 0 fully saturated rings. The van der Waals surface area contributed by atoms with Gasteiger partial charge >= 0.3 is 0 Å². The Balaban J connectivity index is 1.51. The number of rotatable bonds is 7. The van der Waals surface area contributed by atoms with Gasteiger partial charge in [-0.25, -0.2) is 19.9 Å². The lowest BCUT2D eigenvalue weighted by Gasteiger charge is -2.11. The minimum Gasteiger partial charge on any atom is -0.439 e. The second kappa shape index (κ2) is 7.84. The fourth-order valence-corrected chi connectivity index (χ4v) is 2.87. The van der Waals surface area contributed by atoms with E-state index in [0.717, 1.165) is 24.0 Å². The number of aromatic nitrogens is 6. The van der Waals surface area contributed by atoms with Crippen molar-refractivity contribution in [3.05, 3.63) is 60.3 Å². The summed E-state index contributed by atoms with van der Waals surface area (Å²) < 4.78 is 7.55. The Bertz CT molecular complexity index is 1080. The van der Waals surface area contributed by atoms with E-state index in [4.69, 9.17) is 4.42 Å². The molecule has 0 amide bonds. The Labute approximate surface area is 161 Å². The molecule has 0 radical (unpaired) electrons. The lowest BCUT2D eigenvalue weighted by atomic mass is 10.0. The summed E-state index contributed by atoms with van der Waals surface area (Å²) in [7, 11) is 0. The first kappa shape index (κ1) is 17.6. The van der Waals surface area contributed by atoms with Gasteiger partial charge in [0, 0.05) is 19.3 Å². The molecule has 140 valence electrons. The molecule has 0 bridgehead atoms. The predicted octanol–water partition coefficient (Wildman–Crippen LogP) is 2.68. The second-order valence-corrected chi connectivity index (χ2v) is 6.28. The summed E-state index contributed by atoms with van der Waals surface area (Å²) in [6.45, 7) is 3.29. The predicted molar refractivity (Wildman–Crippen MR) is 101 cm³/mol. The third-order valence-electron chi connectivity index (χ3n) is 4.28.